The fourth-order valence-electron chi connectivity index (χ4n) is 3.75. The second kappa shape index (κ2) is 6.66. The highest BCUT2D eigenvalue weighted by molar-refractivity contribution is 7.17. The van der Waals surface area contributed by atoms with Crippen LogP contribution in [0.25, 0.3) is 10.6 Å². The summed E-state index contributed by atoms with van der Waals surface area (Å²) in [6, 6.07) is 3.57. The first-order chi connectivity index (χ1) is 13.6. The van der Waals surface area contributed by atoms with Gasteiger partial charge >= 0.3 is 0 Å². The van der Waals surface area contributed by atoms with Crippen LogP contribution in [0.3, 0.4) is 0 Å². The molecule has 1 saturated heterocycles. The van der Waals surface area contributed by atoms with Gasteiger partial charge in [0.15, 0.2) is 0 Å². The molecule has 0 unspecified atom stereocenters. The zero-order valence-corrected chi connectivity index (χ0v) is 16.2. The Morgan fingerprint density at radius 3 is 2.68 bits per heavy atom. The number of amides is 1. The van der Waals surface area contributed by atoms with E-state index >= 15 is 0 Å². The number of pyridine rings is 1. The third kappa shape index (κ3) is 2.86. The summed E-state index contributed by atoms with van der Waals surface area (Å²) in [5.41, 5.74) is 1.84. The van der Waals surface area contributed by atoms with Crippen molar-refractivity contribution in [2.45, 2.75) is 19.3 Å². The van der Waals surface area contributed by atoms with E-state index < -0.39 is 5.95 Å². The molecule has 0 aromatic carbocycles. The topological polar surface area (TPSA) is 67.2 Å². The predicted octanol–water partition coefficient (Wildman–Crippen LogP) is 2.88. The van der Waals surface area contributed by atoms with E-state index in [9.17, 15) is 9.18 Å². The standard InChI is InChI=1S/C19H19FN6OS/c1-24-11-12(10-21-24)26-9-6-14-16(19(26)27)28-18(22-14)13-4-5-15(23-17(13)20)25-7-2-3-8-25/h4-5,10-11H,2-3,6-9H2,1H3. The maximum Gasteiger partial charge on any atom is 0.270 e. The van der Waals surface area contributed by atoms with Crippen molar-refractivity contribution in [2.75, 3.05) is 29.4 Å². The van der Waals surface area contributed by atoms with Gasteiger partial charge in [-0.05, 0) is 25.0 Å². The molecule has 0 radical (unpaired) electrons. The summed E-state index contributed by atoms with van der Waals surface area (Å²) in [6.45, 7) is 2.36. The zero-order chi connectivity index (χ0) is 19.3. The Morgan fingerprint density at radius 2 is 1.96 bits per heavy atom. The largest absolute Gasteiger partial charge is 0.357 e. The first-order valence-electron chi connectivity index (χ1n) is 9.32. The van der Waals surface area contributed by atoms with Gasteiger partial charge in [0.25, 0.3) is 5.91 Å². The lowest BCUT2D eigenvalue weighted by molar-refractivity contribution is 0.0984. The quantitative estimate of drug-likeness (QED) is 0.635. The van der Waals surface area contributed by atoms with E-state index in [0.29, 0.717) is 34.2 Å². The van der Waals surface area contributed by atoms with Crippen LogP contribution in [0, 0.1) is 5.95 Å². The van der Waals surface area contributed by atoms with Crippen molar-refractivity contribution in [2.24, 2.45) is 7.05 Å². The Kier molecular flexibility index (Phi) is 4.12. The minimum absolute atomic E-state index is 0.111. The van der Waals surface area contributed by atoms with Gasteiger partial charge in [-0.1, -0.05) is 0 Å². The highest BCUT2D eigenvalue weighted by Crippen LogP contribution is 2.34. The van der Waals surface area contributed by atoms with Crippen LogP contribution in [-0.2, 0) is 13.5 Å². The molecule has 0 N–H and O–H groups in total. The summed E-state index contributed by atoms with van der Waals surface area (Å²) in [5, 5.41) is 4.64. The van der Waals surface area contributed by atoms with Crippen LogP contribution in [0.1, 0.15) is 28.2 Å². The van der Waals surface area contributed by atoms with Crippen LogP contribution in [-0.4, -0.2) is 45.3 Å². The molecule has 0 bridgehead atoms. The summed E-state index contributed by atoms with van der Waals surface area (Å²) in [6.07, 6.45) is 6.34. The average Bonchev–Trinajstić information content (AvgIpc) is 3.42. The summed E-state index contributed by atoms with van der Waals surface area (Å²) < 4.78 is 16.4. The number of nitrogens with zero attached hydrogens (tertiary/aromatic N) is 6. The first kappa shape index (κ1) is 17.3. The Labute approximate surface area is 165 Å². The van der Waals surface area contributed by atoms with Crippen molar-refractivity contribution in [1.82, 2.24) is 19.7 Å². The molecule has 2 aliphatic heterocycles. The van der Waals surface area contributed by atoms with Crippen LogP contribution in [0.5, 0.6) is 0 Å². The number of fused-ring (bicyclic) bond motifs is 1. The van der Waals surface area contributed by atoms with Crippen LogP contribution in [0.4, 0.5) is 15.9 Å². The third-order valence-corrected chi connectivity index (χ3v) is 6.33. The number of hydrogen-bond acceptors (Lipinski definition) is 6. The van der Waals surface area contributed by atoms with E-state index in [0.717, 1.165) is 37.3 Å². The van der Waals surface area contributed by atoms with Gasteiger partial charge in [0.1, 0.15) is 15.7 Å². The molecular formula is C19H19FN6OS. The van der Waals surface area contributed by atoms with E-state index in [2.05, 4.69) is 20.0 Å². The van der Waals surface area contributed by atoms with Crippen molar-refractivity contribution in [3.8, 4) is 10.6 Å². The van der Waals surface area contributed by atoms with Crippen molar-refractivity contribution in [1.29, 1.82) is 0 Å². The lowest BCUT2D eigenvalue weighted by atomic mass is 10.1. The molecule has 3 aromatic rings. The highest BCUT2D eigenvalue weighted by atomic mass is 32.1. The van der Waals surface area contributed by atoms with Gasteiger partial charge in [-0.3, -0.25) is 9.48 Å². The predicted molar refractivity (Wildman–Crippen MR) is 105 cm³/mol. The van der Waals surface area contributed by atoms with Crippen LogP contribution in [0.2, 0.25) is 0 Å². The molecule has 0 spiro atoms. The molecule has 5 rings (SSSR count). The van der Waals surface area contributed by atoms with E-state index in [1.54, 1.807) is 21.8 Å². The number of halogens is 1. The van der Waals surface area contributed by atoms with E-state index in [4.69, 9.17) is 0 Å². The number of thiazole rings is 1. The van der Waals surface area contributed by atoms with Crippen molar-refractivity contribution in [3.63, 3.8) is 0 Å². The van der Waals surface area contributed by atoms with Gasteiger partial charge < -0.3 is 9.80 Å². The smallest absolute Gasteiger partial charge is 0.270 e. The van der Waals surface area contributed by atoms with Crippen LogP contribution >= 0.6 is 11.3 Å². The molecule has 28 heavy (non-hydrogen) atoms. The SMILES string of the molecule is Cn1cc(N2CCc3nc(-c4ccc(N5CCCC5)nc4F)sc3C2=O)cn1. The maximum atomic E-state index is 14.7. The number of anilines is 2. The van der Waals surface area contributed by atoms with Gasteiger partial charge in [0.2, 0.25) is 5.95 Å². The molecule has 9 heteroatoms. The number of carbonyl (C=O) groups excluding carboxylic acids is 1. The maximum absolute atomic E-state index is 14.7. The van der Waals surface area contributed by atoms with E-state index in [-0.39, 0.29) is 5.91 Å². The number of aromatic nitrogens is 4. The molecule has 7 nitrogen and oxygen atoms in total. The Balaban J connectivity index is 1.45. The number of hydrogen-bond donors (Lipinski definition) is 0. The monoisotopic (exact) mass is 398 g/mol. The molecule has 5 heterocycles. The lowest BCUT2D eigenvalue weighted by Gasteiger charge is -2.24. The van der Waals surface area contributed by atoms with Gasteiger partial charge in [-0.15, -0.1) is 11.3 Å². The number of rotatable bonds is 3. The van der Waals surface area contributed by atoms with Crippen molar-refractivity contribution < 1.29 is 9.18 Å². The van der Waals surface area contributed by atoms with Crippen LogP contribution < -0.4 is 9.80 Å². The van der Waals surface area contributed by atoms with Gasteiger partial charge in [-0.25, -0.2) is 9.97 Å². The molecular weight excluding hydrogens is 379 g/mol. The number of carbonyl (C=O) groups is 1. The van der Waals surface area contributed by atoms with Crippen molar-refractivity contribution >= 4 is 28.7 Å². The van der Waals surface area contributed by atoms with Gasteiger partial charge in [0, 0.05) is 39.3 Å². The molecule has 0 saturated carbocycles. The van der Waals surface area contributed by atoms with E-state index in [1.807, 2.05) is 19.3 Å². The third-order valence-electron chi connectivity index (χ3n) is 5.21. The molecule has 1 amide bonds. The average molecular weight is 398 g/mol. The minimum atomic E-state index is -0.535. The second-order valence-electron chi connectivity index (χ2n) is 7.08. The first-order valence-corrected chi connectivity index (χ1v) is 10.1. The van der Waals surface area contributed by atoms with Gasteiger partial charge in [-0.2, -0.15) is 9.49 Å². The Morgan fingerprint density at radius 1 is 1.14 bits per heavy atom. The lowest BCUT2D eigenvalue weighted by Crippen LogP contribution is -2.36. The summed E-state index contributed by atoms with van der Waals surface area (Å²) in [5.74, 6) is 0.0195. The fraction of sp³-hybridized carbons (Fsp3) is 0.368. The van der Waals surface area contributed by atoms with Crippen LogP contribution in [0.15, 0.2) is 24.5 Å². The Hall–Kier alpha value is -2.81. The fourth-order valence-corrected chi connectivity index (χ4v) is 4.82. The number of aryl methyl sites for hydroxylation is 1. The van der Waals surface area contributed by atoms with E-state index in [1.165, 1.54) is 11.3 Å². The summed E-state index contributed by atoms with van der Waals surface area (Å²) in [7, 11) is 1.82. The summed E-state index contributed by atoms with van der Waals surface area (Å²) in [4.78, 5) is 26.0. The summed E-state index contributed by atoms with van der Waals surface area (Å²) >= 11 is 1.23. The van der Waals surface area contributed by atoms with Crippen molar-refractivity contribution in [3.05, 3.63) is 41.0 Å². The highest BCUT2D eigenvalue weighted by Gasteiger charge is 2.31. The molecule has 0 atom stereocenters. The zero-order valence-electron chi connectivity index (χ0n) is 15.4. The molecule has 0 aliphatic carbocycles. The normalized spacial score (nSPS) is 16.7. The molecule has 1 fully saturated rings. The second-order valence-corrected chi connectivity index (χ2v) is 8.07. The molecule has 144 valence electrons. The molecule has 3 aromatic heterocycles. The van der Waals surface area contributed by atoms with Gasteiger partial charge in [0.05, 0.1) is 23.1 Å². The Bertz CT molecular complexity index is 1050. The minimum Gasteiger partial charge on any atom is -0.357 e. The molecule has 2 aliphatic rings.